The minimum absolute atomic E-state index is 0.827. The summed E-state index contributed by atoms with van der Waals surface area (Å²) < 4.78 is 0. The van der Waals surface area contributed by atoms with Crippen molar-refractivity contribution in [1.82, 2.24) is 0 Å². The number of unbranched alkanes of at least 4 members (excludes halogenated alkanes) is 4. The number of alkyl halides is 1. The second kappa shape index (κ2) is 19.4. The highest BCUT2D eigenvalue weighted by Crippen LogP contribution is 1.96. The van der Waals surface area contributed by atoms with E-state index < -0.39 is 0 Å². The minimum Gasteiger partial charge on any atom is -0.127 e. The van der Waals surface area contributed by atoms with Crippen molar-refractivity contribution >= 4 is 11.6 Å². The molecule has 90 valence electrons. The Morgan fingerprint density at radius 3 is 2.13 bits per heavy atom. The van der Waals surface area contributed by atoms with E-state index in [1.807, 2.05) is 6.08 Å². The van der Waals surface area contributed by atoms with Gasteiger partial charge >= 0.3 is 0 Å². The van der Waals surface area contributed by atoms with Crippen molar-refractivity contribution in [2.75, 3.05) is 5.88 Å². The Bertz CT molecular complexity index is 123. The molecule has 0 radical (unpaired) electrons. The van der Waals surface area contributed by atoms with Gasteiger partial charge in [0.1, 0.15) is 0 Å². The highest BCUT2D eigenvalue weighted by molar-refractivity contribution is 6.17. The molecule has 0 spiro atoms. The van der Waals surface area contributed by atoms with E-state index in [1.54, 1.807) is 0 Å². The predicted octanol–water partition coefficient (Wildman–Crippen LogP) is 5.72. The molecule has 0 fully saturated rings. The molecule has 0 aromatic rings. The standard InChI is InChI=1S/C9H16.C5H11Cl/c1-3-5-7-9-8-6-4-2;1-2-3-4-5-6/h3,6,8H,1,4-5,7,9H2,2H3;2-5H2,1H3. The Kier molecular flexibility index (Phi) is 22.2. The number of hydrogen-bond acceptors (Lipinski definition) is 0. The van der Waals surface area contributed by atoms with Crippen LogP contribution in [0.4, 0.5) is 0 Å². The van der Waals surface area contributed by atoms with E-state index in [2.05, 4.69) is 32.6 Å². The van der Waals surface area contributed by atoms with E-state index in [1.165, 1.54) is 32.1 Å². The van der Waals surface area contributed by atoms with Crippen LogP contribution < -0.4 is 0 Å². The van der Waals surface area contributed by atoms with E-state index in [9.17, 15) is 0 Å². The van der Waals surface area contributed by atoms with Gasteiger partial charge in [-0.05, 0) is 32.1 Å². The van der Waals surface area contributed by atoms with Gasteiger partial charge in [-0.1, -0.05) is 44.9 Å². The van der Waals surface area contributed by atoms with E-state index in [-0.39, 0.29) is 0 Å². The normalized spacial score (nSPS) is 9.80. The molecule has 15 heavy (non-hydrogen) atoms. The first-order valence-electron chi connectivity index (χ1n) is 6.15. The number of hydrogen-bond donors (Lipinski definition) is 0. The van der Waals surface area contributed by atoms with Crippen LogP contribution in [0.2, 0.25) is 0 Å². The Morgan fingerprint density at radius 2 is 1.73 bits per heavy atom. The summed E-state index contributed by atoms with van der Waals surface area (Å²) in [5.74, 6) is 0.827. The van der Waals surface area contributed by atoms with Crippen molar-refractivity contribution in [3.8, 4) is 0 Å². The second-order valence-corrected chi connectivity index (χ2v) is 3.87. The predicted molar refractivity (Wildman–Crippen MR) is 73.7 cm³/mol. The molecule has 0 aliphatic carbocycles. The fourth-order valence-corrected chi connectivity index (χ4v) is 1.20. The summed E-state index contributed by atoms with van der Waals surface area (Å²) in [6.07, 6.45) is 14.9. The average molecular weight is 231 g/mol. The zero-order valence-electron chi connectivity index (χ0n) is 10.5. The molecule has 0 atom stereocenters. The van der Waals surface area contributed by atoms with Gasteiger partial charge in [0.25, 0.3) is 0 Å². The first-order chi connectivity index (χ1) is 7.33. The molecule has 0 unspecified atom stereocenters. The van der Waals surface area contributed by atoms with Crippen LogP contribution in [0.1, 0.15) is 58.8 Å². The van der Waals surface area contributed by atoms with Crippen molar-refractivity contribution in [1.29, 1.82) is 0 Å². The molecule has 0 aliphatic heterocycles. The molecule has 0 N–H and O–H groups in total. The second-order valence-electron chi connectivity index (χ2n) is 3.50. The summed E-state index contributed by atoms with van der Waals surface area (Å²) >= 11 is 5.38. The van der Waals surface area contributed by atoms with Crippen molar-refractivity contribution in [2.24, 2.45) is 0 Å². The first kappa shape index (κ1) is 17.2. The number of rotatable bonds is 8. The maximum absolute atomic E-state index is 5.38. The lowest BCUT2D eigenvalue weighted by molar-refractivity contribution is 0.776. The van der Waals surface area contributed by atoms with Gasteiger partial charge in [-0.2, -0.15) is 0 Å². The maximum Gasteiger partial charge on any atom is 0.0223 e. The molecule has 1 heteroatoms. The van der Waals surface area contributed by atoms with Crippen molar-refractivity contribution in [3.05, 3.63) is 24.8 Å². The third-order valence-corrected chi connectivity index (χ3v) is 2.19. The number of halogens is 1. The van der Waals surface area contributed by atoms with Crippen molar-refractivity contribution in [2.45, 2.75) is 58.8 Å². The summed E-state index contributed by atoms with van der Waals surface area (Å²) in [6.45, 7) is 7.98. The molecule has 0 saturated heterocycles. The minimum atomic E-state index is 0.827. The molecule has 0 aromatic heterocycles. The highest BCUT2D eigenvalue weighted by atomic mass is 35.5. The Labute approximate surface area is 101 Å². The van der Waals surface area contributed by atoms with E-state index in [0.29, 0.717) is 0 Å². The molecule has 0 aromatic carbocycles. The summed E-state index contributed by atoms with van der Waals surface area (Å²) in [7, 11) is 0. The smallest absolute Gasteiger partial charge is 0.0223 e. The lowest BCUT2D eigenvalue weighted by Crippen LogP contribution is -1.70. The van der Waals surface area contributed by atoms with Crippen LogP contribution in [0, 0.1) is 0 Å². The topological polar surface area (TPSA) is 0 Å². The summed E-state index contributed by atoms with van der Waals surface area (Å²) in [5, 5.41) is 0. The fraction of sp³-hybridized carbons (Fsp3) is 0.714. The van der Waals surface area contributed by atoms with E-state index >= 15 is 0 Å². The highest BCUT2D eigenvalue weighted by Gasteiger charge is 1.77. The van der Waals surface area contributed by atoms with Crippen LogP contribution in [0.15, 0.2) is 24.8 Å². The van der Waals surface area contributed by atoms with Gasteiger partial charge in [-0.25, -0.2) is 0 Å². The van der Waals surface area contributed by atoms with E-state index in [4.69, 9.17) is 11.6 Å². The van der Waals surface area contributed by atoms with Gasteiger partial charge in [0.2, 0.25) is 0 Å². The van der Waals surface area contributed by atoms with Crippen LogP contribution >= 0.6 is 11.6 Å². The third kappa shape index (κ3) is 24.8. The van der Waals surface area contributed by atoms with Crippen LogP contribution in [-0.4, -0.2) is 5.88 Å². The molecule has 0 saturated carbocycles. The van der Waals surface area contributed by atoms with Crippen LogP contribution in [-0.2, 0) is 0 Å². The lowest BCUT2D eigenvalue weighted by Gasteiger charge is -1.86. The lowest BCUT2D eigenvalue weighted by atomic mass is 10.2. The first-order valence-corrected chi connectivity index (χ1v) is 6.68. The summed E-state index contributed by atoms with van der Waals surface area (Å²) in [4.78, 5) is 0. The van der Waals surface area contributed by atoms with Crippen molar-refractivity contribution < 1.29 is 0 Å². The van der Waals surface area contributed by atoms with Crippen LogP contribution in [0.3, 0.4) is 0 Å². The maximum atomic E-state index is 5.38. The Balaban J connectivity index is 0. The SMILES string of the molecule is C=CCCCC=CCC.CCCCCCl. The van der Waals surface area contributed by atoms with E-state index in [0.717, 1.165) is 18.7 Å². The van der Waals surface area contributed by atoms with Gasteiger partial charge in [0.05, 0.1) is 0 Å². The molecular formula is C14H27Cl. The van der Waals surface area contributed by atoms with Gasteiger partial charge < -0.3 is 0 Å². The summed E-state index contributed by atoms with van der Waals surface area (Å²) in [5.41, 5.74) is 0. The molecule has 0 nitrogen and oxygen atoms in total. The largest absolute Gasteiger partial charge is 0.127 e. The fourth-order valence-electron chi connectivity index (χ4n) is 1.01. The van der Waals surface area contributed by atoms with Crippen molar-refractivity contribution in [3.63, 3.8) is 0 Å². The van der Waals surface area contributed by atoms with Gasteiger partial charge in [-0.3, -0.25) is 0 Å². The molecule has 0 amide bonds. The van der Waals surface area contributed by atoms with Crippen LogP contribution in [0.25, 0.3) is 0 Å². The molecule has 0 rings (SSSR count). The van der Waals surface area contributed by atoms with Gasteiger partial charge in [0, 0.05) is 5.88 Å². The number of allylic oxidation sites excluding steroid dienone is 3. The summed E-state index contributed by atoms with van der Waals surface area (Å²) in [6, 6.07) is 0. The molecule has 0 bridgehead atoms. The third-order valence-electron chi connectivity index (χ3n) is 1.92. The average Bonchev–Trinajstić information content (AvgIpc) is 2.27. The zero-order valence-corrected chi connectivity index (χ0v) is 11.2. The Morgan fingerprint density at radius 1 is 1.00 bits per heavy atom. The van der Waals surface area contributed by atoms with Gasteiger partial charge in [-0.15, -0.1) is 18.2 Å². The van der Waals surface area contributed by atoms with Crippen LogP contribution in [0.5, 0.6) is 0 Å². The monoisotopic (exact) mass is 230 g/mol. The Hall–Kier alpha value is -0.230. The molecule has 0 aliphatic rings. The molecule has 0 heterocycles. The quantitative estimate of drug-likeness (QED) is 0.284. The molecular weight excluding hydrogens is 204 g/mol. The zero-order chi connectivity index (χ0) is 11.8. The van der Waals surface area contributed by atoms with Gasteiger partial charge in [0.15, 0.2) is 0 Å².